The molecular formula is C11H20N2OS. The third kappa shape index (κ3) is 3.11. The molecule has 86 valence electrons. The molecule has 1 N–H and O–H groups in total. The SMILES string of the molecule is CC(C)C1CN=C(NC2CCOCC2)S1. The largest absolute Gasteiger partial charge is 0.381 e. The van der Waals surface area contributed by atoms with E-state index in [1.807, 2.05) is 11.8 Å². The van der Waals surface area contributed by atoms with Crippen molar-refractivity contribution in [3.63, 3.8) is 0 Å². The van der Waals surface area contributed by atoms with E-state index in [-0.39, 0.29) is 0 Å². The average Bonchev–Trinajstić information content (AvgIpc) is 2.68. The van der Waals surface area contributed by atoms with Gasteiger partial charge in [-0.2, -0.15) is 0 Å². The molecule has 1 unspecified atom stereocenters. The van der Waals surface area contributed by atoms with E-state index in [2.05, 4.69) is 24.2 Å². The Labute approximate surface area is 96.1 Å². The fourth-order valence-corrected chi connectivity index (χ4v) is 2.93. The highest BCUT2D eigenvalue weighted by molar-refractivity contribution is 8.14. The molecule has 0 aromatic rings. The molecule has 15 heavy (non-hydrogen) atoms. The zero-order chi connectivity index (χ0) is 10.7. The first-order chi connectivity index (χ1) is 7.25. The van der Waals surface area contributed by atoms with E-state index in [9.17, 15) is 0 Å². The maximum absolute atomic E-state index is 5.34. The number of hydrogen-bond acceptors (Lipinski definition) is 4. The van der Waals surface area contributed by atoms with Gasteiger partial charge in [0, 0.05) is 24.5 Å². The molecule has 0 amide bonds. The fourth-order valence-electron chi connectivity index (χ4n) is 1.83. The monoisotopic (exact) mass is 228 g/mol. The Hall–Kier alpha value is -0.220. The van der Waals surface area contributed by atoms with E-state index in [4.69, 9.17) is 4.74 Å². The van der Waals surface area contributed by atoms with Crippen molar-refractivity contribution >= 4 is 16.9 Å². The molecule has 0 aromatic carbocycles. The second-order valence-corrected chi connectivity index (χ2v) is 5.81. The van der Waals surface area contributed by atoms with Crippen LogP contribution in [0.4, 0.5) is 0 Å². The highest BCUT2D eigenvalue weighted by Crippen LogP contribution is 2.26. The summed E-state index contributed by atoms with van der Waals surface area (Å²) in [6.45, 7) is 7.30. The van der Waals surface area contributed by atoms with Crippen LogP contribution in [0.15, 0.2) is 4.99 Å². The maximum atomic E-state index is 5.34. The quantitative estimate of drug-likeness (QED) is 0.783. The van der Waals surface area contributed by atoms with Crippen LogP contribution in [0.1, 0.15) is 26.7 Å². The summed E-state index contributed by atoms with van der Waals surface area (Å²) in [7, 11) is 0. The molecular weight excluding hydrogens is 208 g/mol. The first kappa shape index (κ1) is 11.3. The predicted octanol–water partition coefficient (Wildman–Crippen LogP) is 1.88. The summed E-state index contributed by atoms with van der Waals surface area (Å²) in [5.74, 6) is 0.715. The third-order valence-electron chi connectivity index (χ3n) is 2.97. The van der Waals surface area contributed by atoms with Gasteiger partial charge in [0.1, 0.15) is 0 Å². The van der Waals surface area contributed by atoms with Crippen molar-refractivity contribution in [2.45, 2.75) is 38.0 Å². The number of nitrogens with one attached hydrogen (secondary N) is 1. The van der Waals surface area contributed by atoms with E-state index in [1.54, 1.807) is 0 Å². The molecule has 0 aliphatic carbocycles. The first-order valence-electron chi connectivity index (χ1n) is 5.81. The van der Waals surface area contributed by atoms with Gasteiger partial charge in [0.25, 0.3) is 0 Å². The Balaban J connectivity index is 1.76. The van der Waals surface area contributed by atoms with E-state index < -0.39 is 0 Å². The van der Waals surface area contributed by atoms with Crippen LogP contribution in [0, 0.1) is 5.92 Å². The summed E-state index contributed by atoms with van der Waals surface area (Å²) in [6, 6.07) is 0.580. The van der Waals surface area contributed by atoms with Crippen LogP contribution < -0.4 is 5.32 Å². The van der Waals surface area contributed by atoms with Gasteiger partial charge in [-0.15, -0.1) is 0 Å². The first-order valence-corrected chi connectivity index (χ1v) is 6.69. The Kier molecular flexibility index (Phi) is 3.92. The molecule has 2 aliphatic rings. The van der Waals surface area contributed by atoms with Crippen molar-refractivity contribution in [3.05, 3.63) is 0 Å². The van der Waals surface area contributed by atoms with Gasteiger partial charge < -0.3 is 10.1 Å². The lowest BCUT2D eigenvalue weighted by molar-refractivity contribution is 0.0826. The van der Waals surface area contributed by atoms with Crippen LogP contribution >= 0.6 is 11.8 Å². The van der Waals surface area contributed by atoms with Gasteiger partial charge in [0.05, 0.1) is 6.54 Å². The molecule has 1 atom stereocenters. The molecule has 2 aliphatic heterocycles. The molecule has 0 spiro atoms. The van der Waals surface area contributed by atoms with Crippen LogP contribution in [0.25, 0.3) is 0 Å². The van der Waals surface area contributed by atoms with Crippen LogP contribution in [0.3, 0.4) is 0 Å². The van der Waals surface area contributed by atoms with Crippen LogP contribution in [0.5, 0.6) is 0 Å². The molecule has 0 bridgehead atoms. The Bertz CT molecular complexity index is 237. The zero-order valence-corrected chi connectivity index (χ0v) is 10.3. The molecule has 0 aromatic heterocycles. The summed E-state index contributed by atoms with van der Waals surface area (Å²) in [5, 5.41) is 5.36. The number of rotatable bonds is 2. The third-order valence-corrected chi connectivity index (χ3v) is 4.44. The Morgan fingerprint density at radius 3 is 2.73 bits per heavy atom. The molecule has 0 radical (unpaired) electrons. The molecule has 3 nitrogen and oxygen atoms in total. The second kappa shape index (κ2) is 5.21. The highest BCUT2D eigenvalue weighted by Gasteiger charge is 2.24. The lowest BCUT2D eigenvalue weighted by Gasteiger charge is -2.24. The van der Waals surface area contributed by atoms with Gasteiger partial charge in [0.15, 0.2) is 5.17 Å². The summed E-state index contributed by atoms with van der Waals surface area (Å²) in [4.78, 5) is 4.56. The molecule has 0 saturated carbocycles. The lowest BCUT2D eigenvalue weighted by Crippen LogP contribution is -2.37. The van der Waals surface area contributed by atoms with Gasteiger partial charge in [-0.25, -0.2) is 0 Å². The van der Waals surface area contributed by atoms with Crippen molar-refractivity contribution in [1.29, 1.82) is 0 Å². The molecule has 1 fully saturated rings. The Morgan fingerprint density at radius 1 is 1.40 bits per heavy atom. The van der Waals surface area contributed by atoms with E-state index in [1.165, 1.54) is 0 Å². The molecule has 4 heteroatoms. The average molecular weight is 228 g/mol. The van der Waals surface area contributed by atoms with Gasteiger partial charge in [-0.1, -0.05) is 25.6 Å². The minimum atomic E-state index is 0.580. The van der Waals surface area contributed by atoms with E-state index >= 15 is 0 Å². The minimum Gasteiger partial charge on any atom is -0.381 e. The second-order valence-electron chi connectivity index (χ2n) is 4.58. The van der Waals surface area contributed by atoms with Gasteiger partial charge in [-0.3, -0.25) is 4.99 Å². The lowest BCUT2D eigenvalue weighted by atomic mass is 10.1. The normalized spacial score (nSPS) is 28.2. The van der Waals surface area contributed by atoms with Crippen molar-refractivity contribution in [1.82, 2.24) is 5.32 Å². The fraction of sp³-hybridized carbons (Fsp3) is 0.909. The summed E-state index contributed by atoms with van der Waals surface area (Å²) < 4.78 is 5.34. The zero-order valence-electron chi connectivity index (χ0n) is 9.53. The van der Waals surface area contributed by atoms with Gasteiger partial charge in [0.2, 0.25) is 0 Å². The molecule has 2 heterocycles. The number of aliphatic imine (C=N–C) groups is 1. The van der Waals surface area contributed by atoms with Gasteiger partial charge >= 0.3 is 0 Å². The predicted molar refractivity (Wildman–Crippen MR) is 65.5 cm³/mol. The van der Waals surface area contributed by atoms with Crippen molar-refractivity contribution in [2.75, 3.05) is 19.8 Å². The minimum absolute atomic E-state index is 0.580. The number of thioether (sulfide) groups is 1. The molecule has 2 rings (SSSR count). The Morgan fingerprint density at radius 2 is 2.13 bits per heavy atom. The van der Waals surface area contributed by atoms with Crippen LogP contribution in [-0.4, -0.2) is 36.2 Å². The summed E-state index contributed by atoms with van der Waals surface area (Å²) in [5.41, 5.74) is 0. The number of nitrogens with zero attached hydrogens (tertiary/aromatic N) is 1. The van der Waals surface area contributed by atoms with Crippen LogP contribution in [-0.2, 0) is 4.74 Å². The van der Waals surface area contributed by atoms with E-state index in [0.717, 1.165) is 37.8 Å². The maximum Gasteiger partial charge on any atom is 0.157 e. The summed E-state index contributed by atoms with van der Waals surface area (Å²) in [6.07, 6.45) is 2.23. The number of hydrogen-bond donors (Lipinski definition) is 1. The smallest absolute Gasteiger partial charge is 0.157 e. The van der Waals surface area contributed by atoms with Crippen molar-refractivity contribution in [3.8, 4) is 0 Å². The van der Waals surface area contributed by atoms with Crippen LogP contribution in [0.2, 0.25) is 0 Å². The number of ether oxygens (including phenoxy) is 1. The van der Waals surface area contributed by atoms with Gasteiger partial charge in [-0.05, 0) is 18.8 Å². The topological polar surface area (TPSA) is 33.6 Å². The highest BCUT2D eigenvalue weighted by atomic mass is 32.2. The molecule has 1 saturated heterocycles. The van der Waals surface area contributed by atoms with Crippen molar-refractivity contribution < 1.29 is 4.74 Å². The standard InChI is InChI=1S/C11H20N2OS/c1-8(2)10-7-12-11(15-10)13-9-3-5-14-6-4-9/h8-10H,3-7H2,1-2H3,(H,12,13). The summed E-state index contributed by atoms with van der Waals surface area (Å²) >= 11 is 1.91. The number of amidine groups is 1. The van der Waals surface area contributed by atoms with Crippen molar-refractivity contribution in [2.24, 2.45) is 10.9 Å². The van der Waals surface area contributed by atoms with E-state index in [0.29, 0.717) is 17.2 Å².